The number of halogens is 1. The minimum atomic E-state index is -0.201. The summed E-state index contributed by atoms with van der Waals surface area (Å²) in [4.78, 5) is 4.50. The lowest BCUT2D eigenvalue weighted by molar-refractivity contribution is 0.0867. The summed E-state index contributed by atoms with van der Waals surface area (Å²) in [7, 11) is 4.15. The van der Waals surface area contributed by atoms with Crippen molar-refractivity contribution in [3.8, 4) is 0 Å². The molecule has 2 rings (SSSR count). The molecule has 19 heavy (non-hydrogen) atoms. The van der Waals surface area contributed by atoms with Gasteiger partial charge >= 0.3 is 0 Å². The van der Waals surface area contributed by atoms with Crippen molar-refractivity contribution in [3.05, 3.63) is 35.1 Å². The van der Waals surface area contributed by atoms with Crippen molar-refractivity contribution in [2.24, 2.45) is 5.84 Å². The van der Waals surface area contributed by atoms with Crippen molar-refractivity contribution in [3.63, 3.8) is 0 Å². The zero-order chi connectivity index (χ0) is 14.0. The standard InChI is InChI=1S/C14H23FN4/c1-10-4-5-12(15)11(8-10)14(17-16)13-9-18(2)6-7-19(13)3/h4-5,8,13-14,17H,6-7,9,16H2,1-3H3. The van der Waals surface area contributed by atoms with Crippen LogP contribution in [0.25, 0.3) is 0 Å². The first kappa shape index (κ1) is 14.4. The van der Waals surface area contributed by atoms with E-state index in [4.69, 9.17) is 5.84 Å². The fraction of sp³-hybridized carbons (Fsp3) is 0.571. The summed E-state index contributed by atoms with van der Waals surface area (Å²) in [6.07, 6.45) is 0. The summed E-state index contributed by atoms with van der Waals surface area (Å²) >= 11 is 0. The molecule has 1 fully saturated rings. The number of likely N-dealkylation sites (N-methyl/N-ethyl adjacent to an activating group) is 2. The Balaban J connectivity index is 2.30. The molecule has 1 aromatic carbocycles. The van der Waals surface area contributed by atoms with E-state index in [1.807, 2.05) is 13.0 Å². The third-order valence-electron chi connectivity index (χ3n) is 3.95. The molecule has 1 aliphatic rings. The molecule has 0 spiro atoms. The molecule has 0 radical (unpaired) electrons. The Bertz CT molecular complexity index is 437. The van der Waals surface area contributed by atoms with Gasteiger partial charge in [0.15, 0.2) is 0 Å². The average molecular weight is 266 g/mol. The molecule has 0 saturated carbocycles. The van der Waals surface area contributed by atoms with E-state index in [1.54, 1.807) is 6.07 Å². The Hall–Kier alpha value is -1.01. The van der Waals surface area contributed by atoms with Gasteiger partial charge in [-0.3, -0.25) is 16.2 Å². The number of hydrazine groups is 1. The van der Waals surface area contributed by atoms with Crippen molar-refractivity contribution in [1.82, 2.24) is 15.2 Å². The number of hydrogen-bond acceptors (Lipinski definition) is 4. The number of aryl methyl sites for hydroxylation is 1. The number of rotatable bonds is 3. The molecular weight excluding hydrogens is 243 g/mol. The smallest absolute Gasteiger partial charge is 0.128 e. The predicted molar refractivity (Wildman–Crippen MR) is 75.1 cm³/mol. The van der Waals surface area contributed by atoms with Gasteiger partial charge in [0, 0.05) is 31.2 Å². The van der Waals surface area contributed by atoms with Crippen molar-refractivity contribution in [2.45, 2.75) is 19.0 Å². The molecule has 1 heterocycles. The van der Waals surface area contributed by atoms with Crippen LogP contribution in [0, 0.1) is 12.7 Å². The monoisotopic (exact) mass is 266 g/mol. The van der Waals surface area contributed by atoms with E-state index < -0.39 is 0 Å². The van der Waals surface area contributed by atoms with E-state index >= 15 is 0 Å². The summed E-state index contributed by atoms with van der Waals surface area (Å²) in [6.45, 7) is 4.83. The molecule has 1 saturated heterocycles. The first-order valence-electron chi connectivity index (χ1n) is 6.64. The second-order valence-corrected chi connectivity index (χ2v) is 5.48. The summed E-state index contributed by atoms with van der Waals surface area (Å²) in [6, 6.07) is 5.14. The van der Waals surface area contributed by atoms with E-state index in [-0.39, 0.29) is 17.9 Å². The van der Waals surface area contributed by atoms with Crippen LogP contribution in [0.4, 0.5) is 4.39 Å². The fourth-order valence-corrected chi connectivity index (χ4v) is 2.71. The van der Waals surface area contributed by atoms with Gasteiger partial charge in [0.05, 0.1) is 6.04 Å². The summed E-state index contributed by atoms with van der Waals surface area (Å²) < 4.78 is 14.1. The van der Waals surface area contributed by atoms with Crippen LogP contribution in [-0.2, 0) is 0 Å². The Labute approximate surface area is 114 Å². The highest BCUT2D eigenvalue weighted by molar-refractivity contribution is 5.28. The van der Waals surface area contributed by atoms with Crippen molar-refractivity contribution in [1.29, 1.82) is 0 Å². The van der Waals surface area contributed by atoms with E-state index in [0.717, 1.165) is 25.2 Å². The van der Waals surface area contributed by atoms with Crippen molar-refractivity contribution in [2.75, 3.05) is 33.7 Å². The normalized spacial score (nSPS) is 23.5. The van der Waals surface area contributed by atoms with Crippen molar-refractivity contribution >= 4 is 0 Å². The minimum Gasteiger partial charge on any atom is -0.303 e. The SMILES string of the molecule is Cc1ccc(F)c(C(NN)C2CN(C)CCN2C)c1. The van der Waals surface area contributed by atoms with E-state index in [1.165, 1.54) is 6.07 Å². The highest BCUT2D eigenvalue weighted by atomic mass is 19.1. The summed E-state index contributed by atoms with van der Waals surface area (Å²) in [5.74, 6) is 5.50. The molecule has 1 aromatic rings. The van der Waals surface area contributed by atoms with E-state index in [9.17, 15) is 4.39 Å². The number of piperazine rings is 1. The van der Waals surface area contributed by atoms with Crippen LogP contribution in [-0.4, -0.2) is 49.6 Å². The third-order valence-corrected chi connectivity index (χ3v) is 3.95. The Morgan fingerprint density at radius 3 is 2.79 bits per heavy atom. The Morgan fingerprint density at radius 2 is 2.11 bits per heavy atom. The molecule has 1 aliphatic heterocycles. The first-order chi connectivity index (χ1) is 9.02. The lowest BCUT2D eigenvalue weighted by Crippen LogP contribution is -2.56. The molecule has 5 heteroatoms. The van der Waals surface area contributed by atoms with Crippen LogP contribution in [0.15, 0.2) is 18.2 Å². The van der Waals surface area contributed by atoms with Gasteiger partial charge in [-0.2, -0.15) is 0 Å². The van der Waals surface area contributed by atoms with Crippen LogP contribution in [0.2, 0.25) is 0 Å². The second-order valence-electron chi connectivity index (χ2n) is 5.48. The number of hydrogen-bond donors (Lipinski definition) is 2. The maximum atomic E-state index is 14.1. The molecule has 0 aliphatic carbocycles. The van der Waals surface area contributed by atoms with Gasteiger partial charge in [0.25, 0.3) is 0 Å². The molecule has 0 aromatic heterocycles. The highest BCUT2D eigenvalue weighted by Crippen LogP contribution is 2.25. The van der Waals surface area contributed by atoms with Gasteiger partial charge in [0.1, 0.15) is 5.82 Å². The summed E-state index contributed by atoms with van der Waals surface area (Å²) in [5, 5.41) is 0. The van der Waals surface area contributed by atoms with Gasteiger partial charge in [-0.05, 0) is 27.1 Å². The molecule has 4 nitrogen and oxygen atoms in total. The van der Waals surface area contributed by atoms with Gasteiger partial charge in [-0.15, -0.1) is 0 Å². The maximum absolute atomic E-state index is 14.1. The molecule has 0 bridgehead atoms. The lowest BCUT2D eigenvalue weighted by atomic mass is 9.95. The molecule has 2 unspecified atom stereocenters. The van der Waals surface area contributed by atoms with Gasteiger partial charge in [-0.25, -0.2) is 4.39 Å². The van der Waals surface area contributed by atoms with E-state index in [2.05, 4.69) is 29.3 Å². The number of nitrogens with two attached hydrogens (primary N) is 1. The number of nitrogens with zero attached hydrogens (tertiary/aromatic N) is 2. The average Bonchev–Trinajstić information content (AvgIpc) is 2.38. The molecule has 3 N–H and O–H groups in total. The van der Waals surface area contributed by atoms with Gasteiger partial charge in [0.2, 0.25) is 0 Å². The molecular formula is C14H23FN4. The third kappa shape index (κ3) is 3.12. The predicted octanol–water partition coefficient (Wildman–Crippen LogP) is 0.884. The molecule has 0 amide bonds. The highest BCUT2D eigenvalue weighted by Gasteiger charge is 2.31. The fourth-order valence-electron chi connectivity index (χ4n) is 2.71. The van der Waals surface area contributed by atoms with Crippen molar-refractivity contribution < 1.29 is 4.39 Å². The zero-order valence-corrected chi connectivity index (χ0v) is 11.9. The topological polar surface area (TPSA) is 44.5 Å². The number of benzene rings is 1. The number of nitrogens with one attached hydrogen (secondary N) is 1. The summed E-state index contributed by atoms with van der Waals surface area (Å²) in [5.41, 5.74) is 4.49. The second kappa shape index (κ2) is 5.96. The Kier molecular flexibility index (Phi) is 4.52. The molecule has 106 valence electrons. The minimum absolute atomic E-state index is 0.167. The lowest BCUT2D eigenvalue weighted by Gasteiger charge is -2.41. The van der Waals surface area contributed by atoms with Crippen LogP contribution in [0.1, 0.15) is 17.2 Å². The van der Waals surface area contributed by atoms with Crippen LogP contribution >= 0.6 is 0 Å². The van der Waals surface area contributed by atoms with Gasteiger partial charge in [-0.1, -0.05) is 17.7 Å². The first-order valence-corrected chi connectivity index (χ1v) is 6.64. The largest absolute Gasteiger partial charge is 0.303 e. The quantitative estimate of drug-likeness (QED) is 0.630. The Morgan fingerprint density at radius 1 is 1.37 bits per heavy atom. The van der Waals surface area contributed by atoms with Crippen LogP contribution < -0.4 is 11.3 Å². The van der Waals surface area contributed by atoms with Crippen LogP contribution in [0.5, 0.6) is 0 Å². The zero-order valence-electron chi connectivity index (χ0n) is 11.9. The molecule has 2 atom stereocenters. The maximum Gasteiger partial charge on any atom is 0.128 e. The van der Waals surface area contributed by atoms with E-state index in [0.29, 0.717) is 5.56 Å². The van der Waals surface area contributed by atoms with Crippen LogP contribution in [0.3, 0.4) is 0 Å². The van der Waals surface area contributed by atoms with Gasteiger partial charge < -0.3 is 4.90 Å².